The molecule has 3 heteroatoms. The molecule has 0 fully saturated rings. The van der Waals surface area contributed by atoms with Crippen molar-refractivity contribution < 1.29 is 14.4 Å². The van der Waals surface area contributed by atoms with Gasteiger partial charge in [0, 0.05) is 17.9 Å². The Bertz CT molecular complexity index is 1120. The molecule has 2 aromatic carbocycles. The van der Waals surface area contributed by atoms with Crippen molar-refractivity contribution >= 4 is 17.3 Å². The van der Waals surface area contributed by atoms with Crippen LogP contribution in [0.1, 0.15) is 130 Å². The number of hydrogen-bond acceptors (Lipinski definition) is 3. The van der Waals surface area contributed by atoms with Gasteiger partial charge in [-0.2, -0.15) is 0 Å². The first-order valence-electron chi connectivity index (χ1n) is 15.2. The molecule has 3 rings (SSSR count). The number of hydrogen-bond donors (Lipinski definition) is 0. The van der Waals surface area contributed by atoms with Crippen LogP contribution >= 0.6 is 0 Å². The quantitative estimate of drug-likeness (QED) is 0.271. The van der Waals surface area contributed by atoms with E-state index in [9.17, 15) is 14.4 Å². The molecule has 0 aromatic heterocycles. The summed E-state index contributed by atoms with van der Waals surface area (Å²) in [5, 5.41) is 0. The lowest BCUT2D eigenvalue weighted by Crippen LogP contribution is -2.30. The van der Waals surface area contributed by atoms with Gasteiger partial charge in [0.05, 0.1) is 6.42 Å². The van der Waals surface area contributed by atoms with E-state index in [0.717, 1.165) is 49.7 Å². The van der Waals surface area contributed by atoms with Gasteiger partial charge in [-0.1, -0.05) is 83.4 Å². The molecule has 0 radical (unpaired) electrons. The molecule has 3 atom stereocenters. The smallest absolute Gasteiger partial charge is 0.163 e. The van der Waals surface area contributed by atoms with Crippen molar-refractivity contribution in [3.8, 4) is 0 Å². The molecule has 0 spiro atoms. The normalized spacial score (nSPS) is 16.3. The highest BCUT2D eigenvalue weighted by atomic mass is 16.1. The zero-order valence-corrected chi connectivity index (χ0v) is 26.1. The number of benzene rings is 2. The summed E-state index contributed by atoms with van der Waals surface area (Å²) in [5.41, 5.74) is 8.60. The summed E-state index contributed by atoms with van der Waals surface area (Å²) in [5.74, 6) is 1.14. The van der Waals surface area contributed by atoms with Gasteiger partial charge in [0.1, 0.15) is 11.6 Å². The van der Waals surface area contributed by atoms with Gasteiger partial charge in [-0.05, 0) is 98.9 Å². The van der Waals surface area contributed by atoms with E-state index in [2.05, 4.69) is 85.7 Å². The summed E-state index contributed by atoms with van der Waals surface area (Å²) in [6.45, 7) is 18.6. The Morgan fingerprint density at radius 2 is 1.62 bits per heavy atom. The minimum atomic E-state index is -0.0744. The molecule has 0 heterocycles. The zero-order valence-electron chi connectivity index (χ0n) is 26.1. The highest BCUT2D eigenvalue weighted by molar-refractivity contribution is 6.01. The topological polar surface area (TPSA) is 51.2 Å². The third kappa shape index (κ3) is 8.98. The van der Waals surface area contributed by atoms with Gasteiger partial charge in [0.15, 0.2) is 5.78 Å². The molecule has 1 aliphatic carbocycles. The Balaban J connectivity index is 0.000000499. The summed E-state index contributed by atoms with van der Waals surface area (Å²) in [6.07, 6.45) is 6.33. The zero-order chi connectivity index (χ0) is 29.3. The molecule has 0 saturated carbocycles. The van der Waals surface area contributed by atoms with Crippen LogP contribution in [0.3, 0.4) is 0 Å². The van der Waals surface area contributed by atoms with Crippen LogP contribution in [0.5, 0.6) is 0 Å². The second-order valence-corrected chi connectivity index (χ2v) is 12.1. The number of rotatable bonds is 11. The van der Waals surface area contributed by atoms with Crippen molar-refractivity contribution in [2.24, 2.45) is 17.8 Å². The SMILES string of the molecule is CCCC(CC1CC(=O)c2c(C)c(C)cc(C(C)C)c2C1)C(CC)C(=O)CC(C)=O.CCc1ccc(C)cc1. The second-order valence-electron chi connectivity index (χ2n) is 12.1. The van der Waals surface area contributed by atoms with E-state index in [1.54, 1.807) is 0 Å². The largest absolute Gasteiger partial charge is 0.300 e. The summed E-state index contributed by atoms with van der Waals surface area (Å²) >= 11 is 0. The van der Waals surface area contributed by atoms with Crippen LogP contribution < -0.4 is 0 Å². The maximum Gasteiger partial charge on any atom is 0.163 e. The first-order valence-corrected chi connectivity index (χ1v) is 15.2. The Labute approximate surface area is 238 Å². The summed E-state index contributed by atoms with van der Waals surface area (Å²) < 4.78 is 0. The van der Waals surface area contributed by atoms with Crippen LogP contribution in [-0.4, -0.2) is 17.3 Å². The Kier molecular flexibility index (Phi) is 12.8. The second kappa shape index (κ2) is 15.3. The van der Waals surface area contributed by atoms with Crippen LogP contribution in [0.4, 0.5) is 0 Å². The van der Waals surface area contributed by atoms with Crippen molar-refractivity contribution in [1.29, 1.82) is 0 Å². The Hall–Kier alpha value is -2.55. The predicted molar refractivity (Wildman–Crippen MR) is 164 cm³/mol. The van der Waals surface area contributed by atoms with E-state index in [1.165, 1.54) is 34.7 Å². The molecule has 0 amide bonds. The summed E-state index contributed by atoms with van der Waals surface area (Å²) in [4.78, 5) is 37.5. The van der Waals surface area contributed by atoms with Gasteiger partial charge in [-0.25, -0.2) is 0 Å². The van der Waals surface area contributed by atoms with Gasteiger partial charge >= 0.3 is 0 Å². The van der Waals surface area contributed by atoms with Crippen molar-refractivity contribution in [2.75, 3.05) is 0 Å². The fourth-order valence-corrected chi connectivity index (χ4v) is 6.31. The first kappa shape index (κ1) is 32.7. The lowest BCUT2D eigenvalue weighted by atomic mass is 9.70. The molecule has 0 saturated heterocycles. The molecule has 2 aromatic rings. The fourth-order valence-electron chi connectivity index (χ4n) is 6.31. The number of Topliss-reactive ketones (excluding diaryl/α,β-unsaturated/α-hetero) is 3. The average Bonchev–Trinajstić information content (AvgIpc) is 2.86. The van der Waals surface area contributed by atoms with E-state index in [1.807, 2.05) is 0 Å². The molecule has 0 bridgehead atoms. The molecule has 1 aliphatic rings. The number of fused-ring (bicyclic) bond motifs is 1. The number of ketones is 3. The maximum absolute atomic E-state index is 13.2. The molecule has 0 aliphatic heterocycles. The van der Waals surface area contributed by atoms with Gasteiger partial charge in [0.2, 0.25) is 0 Å². The van der Waals surface area contributed by atoms with Crippen molar-refractivity contribution in [3.05, 3.63) is 69.3 Å². The average molecular weight is 533 g/mol. The van der Waals surface area contributed by atoms with Crippen molar-refractivity contribution in [2.45, 2.75) is 120 Å². The summed E-state index contributed by atoms with van der Waals surface area (Å²) in [6, 6.07) is 10.9. The molecule has 3 unspecified atom stereocenters. The molecule has 0 N–H and O–H groups in total. The van der Waals surface area contributed by atoms with Crippen LogP contribution in [0.15, 0.2) is 30.3 Å². The lowest BCUT2D eigenvalue weighted by Gasteiger charge is -2.33. The van der Waals surface area contributed by atoms with Crippen molar-refractivity contribution in [1.82, 2.24) is 0 Å². The first-order chi connectivity index (χ1) is 18.4. The van der Waals surface area contributed by atoms with E-state index in [-0.39, 0.29) is 41.5 Å². The molecular weight excluding hydrogens is 480 g/mol. The highest BCUT2D eigenvalue weighted by Crippen LogP contribution is 2.39. The van der Waals surface area contributed by atoms with Crippen LogP contribution in [0.2, 0.25) is 0 Å². The minimum absolute atomic E-state index is 0.0428. The highest BCUT2D eigenvalue weighted by Gasteiger charge is 2.34. The fraction of sp³-hybridized carbons (Fsp3) is 0.583. The van der Waals surface area contributed by atoms with Crippen LogP contribution in [0.25, 0.3) is 0 Å². The summed E-state index contributed by atoms with van der Waals surface area (Å²) in [7, 11) is 0. The number of aryl methyl sites for hydroxylation is 3. The van der Waals surface area contributed by atoms with E-state index in [4.69, 9.17) is 0 Å². The number of carbonyl (C=O) groups excluding carboxylic acids is 3. The van der Waals surface area contributed by atoms with E-state index in [0.29, 0.717) is 12.3 Å². The Morgan fingerprint density at radius 3 is 2.13 bits per heavy atom. The Morgan fingerprint density at radius 1 is 0.974 bits per heavy atom. The van der Waals surface area contributed by atoms with Gasteiger partial charge in [0.25, 0.3) is 0 Å². The van der Waals surface area contributed by atoms with Gasteiger partial charge in [-0.3, -0.25) is 14.4 Å². The molecule has 3 nitrogen and oxygen atoms in total. The van der Waals surface area contributed by atoms with Gasteiger partial charge < -0.3 is 0 Å². The molecule has 39 heavy (non-hydrogen) atoms. The minimum Gasteiger partial charge on any atom is -0.300 e. The monoisotopic (exact) mass is 532 g/mol. The predicted octanol–water partition coefficient (Wildman–Crippen LogP) is 9.11. The lowest BCUT2D eigenvalue weighted by molar-refractivity contribution is -0.129. The third-order valence-corrected chi connectivity index (χ3v) is 8.53. The molecule has 214 valence electrons. The maximum atomic E-state index is 13.2. The van der Waals surface area contributed by atoms with Crippen LogP contribution in [-0.2, 0) is 22.4 Å². The van der Waals surface area contributed by atoms with Crippen LogP contribution in [0, 0.1) is 38.5 Å². The van der Waals surface area contributed by atoms with Gasteiger partial charge in [-0.15, -0.1) is 0 Å². The van der Waals surface area contributed by atoms with E-state index < -0.39 is 0 Å². The standard InChI is InChI=1S/C27H40O3.C9H12/c1-8-10-21(22(9-2)25(29)12-18(6)28)13-20-14-24-23(16(3)4)11-17(5)19(7)27(24)26(30)15-20;1-3-9-6-4-8(2)5-7-9/h11,16,20-22H,8-10,12-15H2,1-7H3;4-7H,3H2,1-2H3. The van der Waals surface area contributed by atoms with Crippen molar-refractivity contribution in [3.63, 3.8) is 0 Å². The van der Waals surface area contributed by atoms with E-state index >= 15 is 0 Å². The molecular formula is C36H52O3. The number of carbonyl (C=O) groups is 3. The third-order valence-electron chi connectivity index (χ3n) is 8.53.